The van der Waals surface area contributed by atoms with Gasteiger partial charge < -0.3 is 5.32 Å². The van der Waals surface area contributed by atoms with E-state index in [0.717, 1.165) is 24.4 Å². The molecular formula is C15H21N3S. The molecule has 1 aliphatic rings. The van der Waals surface area contributed by atoms with Crippen LogP contribution in [0.3, 0.4) is 0 Å². The molecule has 1 aromatic carbocycles. The smallest absolute Gasteiger partial charge is 0.191 e. The molecule has 0 bridgehead atoms. The Morgan fingerprint density at radius 2 is 2.05 bits per heavy atom. The van der Waals surface area contributed by atoms with Gasteiger partial charge in [-0.05, 0) is 62.9 Å². The van der Waals surface area contributed by atoms with E-state index in [9.17, 15) is 0 Å². The van der Waals surface area contributed by atoms with E-state index in [1.54, 1.807) is 0 Å². The third kappa shape index (κ3) is 4.63. The summed E-state index contributed by atoms with van der Waals surface area (Å²) in [5.41, 5.74) is 6.40. The minimum absolute atomic E-state index is 0.551. The Morgan fingerprint density at radius 3 is 2.74 bits per heavy atom. The van der Waals surface area contributed by atoms with Crippen LogP contribution in [-0.2, 0) is 0 Å². The SMILES string of the molecule is Cc1ccc(NC(=S)NN=C2CCCC(C)C2)cc1. The molecule has 1 aromatic rings. The molecule has 0 spiro atoms. The van der Waals surface area contributed by atoms with E-state index >= 15 is 0 Å². The summed E-state index contributed by atoms with van der Waals surface area (Å²) in [5, 5.41) is 8.09. The van der Waals surface area contributed by atoms with E-state index in [-0.39, 0.29) is 0 Å². The highest BCUT2D eigenvalue weighted by Crippen LogP contribution is 2.20. The van der Waals surface area contributed by atoms with Crippen molar-refractivity contribution < 1.29 is 0 Å². The van der Waals surface area contributed by atoms with E-state index in [1.807, 2.05) is 12.1 Å². The van der Waals surface area contributed by atoms with Gasteiger partial charge in [0, 0.05) is 11.4 Å². The van der Waals surface area contributed by atoms with Gasteiger partial charge in [0.1, 0.15) is 0 Å². The summed E-state index contributed by atoms with van der Waals surface area (Å²) in [6.07, 6.45) is 4.72. The van der Waals surface area contributed by atoms with Crippen molar-refractivity contribution in [3.05, 3.63) is 29.8 Å². The van der Waals surface area contributed by atoms with Crippen LogP contribution in [0, 0.1) is 12.8 Å². The molecule has 1 saturated carbocycles. The molecule has 0 heterocycles. The van der Waals surface area contributed by atoms with Crippen LogP contribution in [0.4, 0.5) is 5.69 Å². The van der Waals surface area contributed by atoms with E-state index in [1.165, 1.54) is 24.1 Å². The van der Waals surface area contributed by atoms with Crippen LogP contribution in [0.5, 0.6) is 0 Å². The van der Waals surface area contributed by atoms with Crippen LogP contribution >= 0.6 is 12.2 Å². The maximum absolute atomic E-state index is 5.24. The zero-order valence-electron chi connectivity index (χ0n) is 11.6. The first-order valence-electron chi connectivity index (χ1n) is 6.82. The van der Waals surface area contributed by atoms with Gasteiger partial charge in [0.2, 0.25) is 0 Å². The summed E-state index contributed by atoms with van der Waals surface area (Å²) in [6, 6.07) is 8.14. The first-order valence-corrected chi connectivity index (χ1v) is 7.23. The summed E-state index contributed by atoms with van der Waals surface area (Å²) in [7, 11) is 0. The molecule has 4 heteroatoms. The number of nitrogens with one attached hydrogen (secondary N) is 2. The molecule has 0 aliphatic heterocycles. The number of benzene rings is 1. The van der Waals surface area contributed by atoms with Gasteiger partial charge in [0.15, 0.2) is 5.11 Å². The lowest BCUT2D eigenvalue weighted by Crippen LogP contribution is -2.26. The van der Waals surface area contributed by atoms with Crippen molar-refractivity contribution in [1.29, 1.82) is 0 Å². The fraction of sp³-hybridized carbons (Fsp3) is 0.467. The minimum atomic E-state index is 0.551. The first-order chi connectivity index (χ1) is 9.13. The highest BCUT2D eigenvalue weighted by molar-refractivity contribution is 7.80. The second-order valence-corrected chi connectivity index (χ2v) is 5.72. The summed E-state index contributed by atoms with van der Waals surface area (Å²) in [4.78, 5) is 0. The lowest BCUT2D eigenvalue weighted by Gasteiger charge is -2.19. The van der Waals surface area contributed by atoms with Crippen molar-refractivity contribution in [2.45, 2.75) is 39.5 Å². The van der Waals surface area contributed by atoms with E-state index < -0.39 is 0 Å². The van der Waals surface area contributed by atoms with Gasteiger partial charge in [-0.25, -0.2) is 0 Å². The van der Waals surface area contributed by atoms with Crippen LogP contribution in [0.2, 0.25) is 0 Å². The predicted octanol–water partition coefficient (Wildman–Crippen LogP) is 3.85. The van der Waals surface area contributed by atoms with Crippen LogP contribution in [0.1, 0.15) is 38.2 Å². The van der Waals surface area contributed by atoms with Crippen LogP contribution < -0.4 is 10.7 Å². The Hall–Kier alpha value is -1.42. The number of rotatable bonds is 2. The first kappa shape index (κ1) is 14.0. The average Bonchev–Trinajstić information content (AvgIpc) is 2.39. The Bertz CT molecular complexity index is 465. The normalized spacial score (nSPS) is 21.2. The summed E-state index contributed by atoms with van der Waals surface area (Å²) >= 11 is 5.24. The van der Waals surface area contributed by atoms with Gasteiger partial charge in [0.05, 0.1) is 0 Å². The van der Waals surface area contributed by atoms with E-state index in [4.69, 9.17) is 12.2 Å². The van der Waals surface area contributed by atoms with Crippen molar-refractivity contribution in [2.24, 2.45) is 11.0 Å². The molecule has 2 N–H and O–H groups in total. The number of aryl methyl sites for hydroxylation is 1. The largest absolute Gasteiger partial charge is 0.331 e. The van der Waals surface area contributed by atoms with Crippen LogP contribution in [0.25, 0.3) is 0 Å². The Morgan fingerprint density at radius 1 is 1.32 bits per heavy atom. The topological polar surface area (TPSA) is 36.4 Å². The predicted molar refractivity (Wildman–Crippen MR) is 85.6 cm³/mol. The summed E-state index contributed by atoms with van der Waals surface area (Å²) in [5.74, 6) is 0.743. The highest BCUT2D eigenvalue weighted by atomic mass is 32.1. The maximum atomic E-state index is 5.24. The molecular weight excluding hydrogens is 254 g/mol. The van der Waals surface area contributed by atoms with Crippen LogP contribution in [0.15, 0.2) is 29.4 Å². The lowest BCUT2D eigenvalue weighted by atomic mass is 9.89. The quantitative estimate of drug-likeness (QED) is 0.636. The monoisotopic (exact) mass is 275 g/mol. The number of hydrogen-bond acceptors (Lipinski definition) is 2. The minimum Gasteiger partial charge on any atom is -0.331 e. The molecule has 0 aromatic heterocycles. The van der Waals surface area contributed by atoms with Crippen molar-refractivity contribution in [2.75, 3.05) is 5.32 Å². The second kappa shape index (κ2) is 6.66. The van der Waals surface area contributed by atoms with Crippen LogP contribution in [-0.4, -0.2) is 10.8 Å². The molecule has 0 radical (unpaired) electrons. The molecule has 1 fully saturated rings. The Kier molecular flexibility index (Phi) is 4.91. The van der Waals surface area contributed by atoms with Crippen molar-refractivity contribution in [3.8, 4) is 0 Å². The molecule has 102 valence electrons. The highest BCUT2D eigenvalue weighted by Gasteiger charge is 2.13. The van der Waals surface area contributed by atoms with Gasteiger partial charge in [-0.3, -0.25) is 5.43 Å². The molecule has 3 nitrogen and oxygen atoms in total. The molecule has 0 saturated heterocycles. The zero-order valence-corrected chi connectivity index (χ0v) is 12.4. The van der Waals surface area contributed by atoms with Gasteiger partial charge in [-0.2, -0.15) is 5.10 Å². The van der Waals surface area contributed by atoms with Gasteiger partial charge >= 0.3 is 0 Å². The van der Waals surface area contributed by atoms with Gasteiger partial charge in [0.25, 0.3) is 0 Å². The van der Waals surface area contributed by atoms with E-state index in [0.29, 0.717) is 5.11 Å². The van der Waals surface area contributed by atoms with Crippen molar-refractivity contribution in [3.63, 3.8) is 0 Å². The third-order valence-corrected chi connectivity index (χ3v) is 3.56. The molecule has 1 unspecified atom stereocenters. The Labute approximate surface area is 120 Å². The maximum Gasteiger partial charge on any atom is 0.191 e. The second-order valence-electron chi connectivity index (χ2n) is 5.31. The van der Waals surface area contributed by atoms with Crippen molar-refractivity contribution in [1.82, 2.24) is 5.43 Å². The number of hydrogen-bond donors (Lipinski definition) is 2. The molecule has 2 rings (SSSR count). The van der Waals surface area contributed by atoms with Gasteiger partial charge in [-0.15, -0.1) is 0 Å². The fourth-order valence-corrected chi connectivity index (χ4v) is 2.45. The third-order valence-electron chi connectivity index (χ3n) is 3.37. The average molecular weight is 275 g/mol. The molecule has 0 amide bonds. The lowest BCUT2D eigenvalue weighted by molar-refractivity contribution is 0.498. The molecule has 1 aliphatic carbocycles. The summed E-state index contributed by atoms with van der Waals surface area (Å²) < 4.78 is 0. The Balaban J connectivity index is 1.84. The standard InChI is InChI=1S/C15H21N3S/c1-11-6-8-13(9-7-11)16-15(19)18-17-14-5-3-4-12(2)10-14/h6-9,12H,3-5,10H2,1-2H3,(H2,16,18,19). The van der Waals surface area contributed by atoms with Crippen molar-refractivity contribution >= 4 is 28.7 Å². The number of hydrazone groups is 1. The fourth-order valence-electron chi connectivity index (χ4n) is 2.29. The summed E-state index contributed by atoms with van der Waals surface area (Å²) in [6.45, 7) is 4.34. The zero-order chi connectivity index (χ0) is 13.7. The molecule has 19 heavy (non-hydrogen) atoms. The van der Waals surface area contributed by atoms with E-state index in [2.05, 4.69) is 41.8 Å². The number of thiocarbonyl (C=S) groups is 1. The number of anilines is 1. The number of nitrogens with zero attached hydrogens (tertiary/aromatic N) is 1. The molecule has 1 atom stereocenters. The van der Waals surface area contributed by atoms with Gasteiger partial charge in [-0.1, -0.05) is 24.6 Å².